The summed E-state index contributed by atoms with van der Waals surface area (Å²) >= 11 is 0. The maximum Gasteiger partial charge on any atom is 0.269 e. The number of benzene rings is 1. The van der Waals surface area contributed by atoms with E-state index in [-0.39, 0.29) is 17.6 Å². The monoisotopic (exact) mass is 343 g/mol. The predicted molar refractivity (Wildman–Crippen MR) is 92.5 cm³/mol. The van der Waals surface area contributed by atoms with Crippen LogP contribution in [0, 0.1) is 16.0 Å². The van der Waals surface area contributed by atoms with Crippen LogP contribution in [-0.4, -0.2) is 44.6 Å². The van der Waals surface area contributed by atoms with Crippen LogP contribution in [0.2, 0.25) is 0 Å². The lowest BCUT2D eigenvalue weighted by Gasteiger charge is -2.37. The minimum atomic E-state index is -0.452. The molecule has 1 fully saturated rings. The third-order valence-corrected chi connectivity index (χ3v) is 4.67. The van der Waals surface area contributed by atoms with Gasteiger partial charge in [-0.05, 0) is 30.9 Å². The summed E-state index contributed by atoms with van der Waals surface area (Å²) in [6.07, 6.45) is 5.06. The number of likely N-dealkylation sites (tertiary alicyclic amines) is 1. The topological polar surface area (TPSA) is 107 Å². The Balaban J connectivity index is 1.78. The van der Waals surface area contributed by atoms with E-state index in [1.54, 1.807) is 23.0 Å². The fraction of sp³-hybridized carbons (Fsp3) is 0.412. The SMILES string of the molecule is CC1CCN(C(=O)c2cnn(-c3ccc([N+](=O)[O-])cc3)c2)C(CN)C1. The van der Waals surface area contributed by atoms with E-state index in [0.29, 0.717) is 30.3 Å². The van der Waals surface area contributed by atoms with Crippen molar-refractivity contribution in [1.29, 1.82) is 0 Å². The minimum absolute atomic E-state index is 0.0143. The molecule has 1 saturated heterocycles. The Morgan fingerprint density at radius 1 is 1.40 bits per heavy atom. The standard InChI is InChI=1S/C17H21N5O3/c1-12-6-7-20(16(8-12)9-18)17(23)13-10-19-21(11-13)14-2-4-15(5-3-14)22(24)25/h2-5,10-12,16H,6-9,18H2,1H3. The molecule has 2 unspecified atom stereocenters. The van der Waals surface area contributed by atoms with E-state index in [2.05, 4.69) is 12.0 Å². The average molecular weight is 343 g/mol. The molecule has 2 atom stereocenters. The van der Waals surface area contributed by atoms with Crippen molar-refractivity contribution in [3.8, 4) is 5.69 Å². The highest BCUT2D eigenvalue weighted by molar-refractivity contribution is 5.94. The van der Waals surface area contributed by atoms with E-state index in [0.717, 1.165) is 12.8 Å². The summed E-state index contributed by atoms with van der Waals surface area (Å²) in [6.45, 7) is 3.33. The maximum absolute atomic E-state index is 12.8. The first-order chi connectivity index (χ1) is 12.0. The van der Waals surface area contributed by atoms with E-state index in [4.69, 9.17) is 5.73 Å². The normalized spacial score (nSPS) is 20.5. The lowest BCUT2D eigenvalue weighted by Crippen LogP contribution is -2.49. The number of nitro benzene ring substituents is 1. The molecule has 1 amide bonds. The molecule has 0 radical (unpaired) electrons. The maximum atomic E-state index is 12.8. The Hall–Kier alpha value is -2.74. The van der Waals surface area contributed by atoms with Gasteiger partial charge in [-0.3, -0.25) is 14.9 Å². The molecular formula is C17H21N5O3. The number of non-ortho nitro benzene ring substituents is 1. The van der Waals surface area contributed by atoms with Crippen molar-refractivity contribution < 1.29 is 9.72 Å². The number of amides is 1. The second-order valence-corrected chi connectivity index (χ2v) is 6.46. The second-order valence-electron chi connectivity index (χ2n) is 6.46. The summed E-state index contributed by atoms with van der Waals surface area (Å²) in [6, 6.07) is 6.08. The van der Waals surface area contributed by atoms with Crippen LogP contribution in [-0.2, 0) is 0 Å². The van der Waals surface area contributed by atoms with Crippen molar-refractivity contribution in [1.82, 2.24) is 14.7 Å². The van der Waals surface area contributed by atoms with Crippen LogP contribution in [0.3, 0.4) is 0 Å². The van der Waals surface area contributed by atoms with Gasteiger partial charge in [0.2, 0.25) is 0 Å². The summed E-state index contributed by atoms with van der Waals surface area (Å²) < 4.78 is 1.54. The Bertz CT molecular complexity index is 771. The van der Waals surface area contributed by atoms with E-state index in [1.165, 1.54) is 18.3 Å². The third kappa shape index (κ3) is 3.53. The van der Waals surface area contributed by atoms with E-state index < -0.39 is 4.92 Å². The van der Waals surface area contributed by atoms with Gasteiger partial charge in [0.25, 0.3) is 11.6 Å². The number of carbonyl (C=O) groups excluding carboxylic acids is 1. The van der Waals surface area contributed by atoms with Crippen LogP contribution in [0.5, 0.6) is 0 Å². The quantitative estimate of drug-likeness (QED) is 0.674. The fourth-order valence-corrected chi connectivity index (χ4v) is 3.21. The summed E-state index contributed by atoms with van der Waals surface area (Å²) in [5.41, 5.74) is 7.00. The number of nitrogens with two attached hydrogens (primary N) is 1. The Labute approximate surface area is 145 Å². The summed E-state index contributed by atoms with van der Waals surface area (Å²) in [5, 5.41) is 14.9. The van der Waals surface area contributed by atoms with Crippen LogP contribution < -0.4 is 5.73 Å². The number of piperidine rings is 1. The van der Waals surface area contributed by atoms with Gasteiger partial charge < -0.3 is 10.6 Å². The molecule has 0 bridgehead atoms. The first kappa shape index (κ1) is 17.1. The molecule has 25 heavy (non-hydrogen) atoms. The first-order valence-corrected chi connectivity index (χ1v) is 8.30. The van der Waals surface area contributed by atoms with Gasteiger partial charge in [0, 0.05) is 37.5 Å². The van der Waals surface area contributed by atoms with Gasteiger partial charge in [-0.2, -0.15) is 5.10 Å². The van der Waals surface area contributed by atoms with Crippen LogP contribution >= 0.6 is 0 Å². The average Bonchev–Trinajstić information content (AvgIpc) is 3.11. The van der Waals surface area contributed by atoms with Crippen molar-refractivity contribution in [2.24, 2.45) is 11.7 Å². The molecule has 0 saturated carbocycles. The third-order valence-electron chi connectivity index (χ3n) is 4.67. The Morgan fingerprint density at radius 2 is 2.12 bits per heavy atom. The van der Waals surface area contributed by atoms with Gasteiger partial charge in [0.15, 0.2) is 0 Å². The van der Waals surface area contributed by atoms with Gasteiger partial charge >= 0.3 is 0 Å². The molecule has 0 spiro atoms. The van der Waals surface area contributed by atoms with Gasteiger partial charge in [-0.15, -0.1) is 0 Å². The van der Waals surface area contributed by atoms with Gasteiger partial charge in [0.1, 0.15) is 0 Å². The summed E-state index contributed by atoms with van der Waals surface area (Å²) in [7, 11) is 0. The van der Waals surface area contributed by atoms with Crippen LogP contribution in [0.1, 0.15) is 30.1 Å². The molecule has 1 aliphatic rings. The fourth-order valence-electron chi connectivity index (χ4n) is 3.21. The lowest BCUT2D eigenvalue weighted by molar-refractivity contribution is -0.384. The highest BCUT2D eigenvalue weighted by atomic mass is 16.6. The van der Waals surface area contributed by atoms with Crippen molar-refractivity contribution >= 4 is 11.6 Å². The molecule has 8 nitrogen and oxygen atoms in total. The van der Waals surface area contributed by atoms with Crippen molar-refractivity contribution in [2.75, 3.05) is 13.1 Å². The lowest BCUT2D eigenvalue weighted by atomic mass is 9.92. The highest BCUT2D eigenvalue weighted by Crippen LogP contribution is 2.24. The largest absolute Gasteiger partial charge is 0.334 e. The number of nitrogens with zero attached hydrogens (tertiary/aromatic N) is 4. The van der Waals surface area contributed by atoms with Gasteiger partial charge in [-0.1, -0.05) is 6.92 Å². The molecule has 132 valence electrons. The molecular weight excluding hydrogens is 322 g/mol. The number of hydrogen-bond acceptors (Lipinski definition) is 5. The van der Waals surface area contributed by atoms with Crippen molar-refractivity contribution in [3.63, 3.8) is 0 Å². The van der Waals surface area contributed by atoms with Crippen molar-refractivity contribution in [3.05, 3.63) is 52.3 Å². The molecule has 8 heteroatoms. The zero-order valence-electron chi connectivity index (χ0n) is 14.0. The molecule has 2 aromatic rings. The van der Waals surface area contributed by atoms with E-state index in [1.807, 2.05) is 4.90 Å². The molecule has 2 N–H and O–H groups in total. The zero-order chi connectivity index (χ0) is 18.0. The molecule has 0 aliphatic carbocycles. The first-order valence-electron chi connectivity index (χ1n) is 8.30. The molecule has 1 aromatic carbocycles. The van der Waals surface area contributed by atoms with Gasteiger partial charge in [-0.25, -0.2) is 4.68 Å². The molecule has 1 aliphatic heterocycles. The van der Waals surface area contributed by atoms with E-state index >= 15 is 0 Å². The van der Waals surface area contributed by atoms with Crippen LogP contribution in [0.25, 0.3) is 5.69 Å². The summed E-state index contributed by atoms with van der Waals surface area (Å²) in [5.74, 6) is 0.496. The number of nitro groups is 1. The Morgan fingerprint density at radius 3 is 2.76 bits per heavy atom. The number of rotatable bonds is 4. The Kier molecular flexibility index (Phi) is 4.80. The second kappa shape index (κ2) is 7.02. The smallest absolute Gasteiger partial charge is 0.269 e. The number of aromatic nitrogens is 2. The van der Waals surface area contributed by atoms with Crippen LogP contribution in [0.4, 0.5) is 5.69 Å². The summed E-state index contributed by atoms with van der Waals surface area (Å²) in [4.78, 5) is 24.9. The molecule has 3 rings (SSSR count). The highest BCUT2D eigenvalue weighted by Gasteiger charge is 2.30. The zero-order valence-corrected chi connectivity index (χ0v) is 14.0. The minimum Gasteiger partial charge on any atom is -0.334 e. The van der Waals surface area contributed by atoms with Crippen LogP contribution in [0.15, 0.2) is 36.7 Å². The van der Waals surface area contributed by atoms with Gasteiger partial charge in [0.05, 0.1) is 22.4 Å². The predicted octanol–water partition coefficient (Wildman–Crippen LogP) is 1.98. The molecule has 2 heterocycles. The number of hydrogen-bond donors (Lipinski definition) is 1. The molecule has 1 aromatic heterocycles. The number of carbonyl (C=O) groups is 1. The van der Waals surface area contributed by atoms with Crippen molar-refractivity contribution in [2.45, 2.75) is 25.8 Å². The van der Waals surface area contributed by atoms with E-state index in [9.17, 15) is 14.9 Å².